The van der Waals surface area contributed by atoms with Gasteiger partial charge in [-0.15, -0.1) is 0 Å². The van der Waals surface area contributed by atoms with Crippen LogP contribution in [0.4, 0.5) is 0 Å². The van der Waals surface area contributed by atoms with Gasteiger partial charge < -0.3 is 20.5 Å². The van der Waals surface area contributed by atoms with Crippen molar-refractivity contribution in [2.45, 2.75) is 6.04 Å². The molecule has 1 amide bonds. The van der Waals surface area contributed by atoms with Gasteiger partial charge >= 0.3 is 0 Å². The fourth-order valence-electron chi connectivity index (χ4n) is 0.723. The molecule has 0 radical (unpaired) electrons. The summed E-state index contributed by atoms with van der Waals surface area (Å²) in [4.78, 5) is 9.99. The summed E-state index contributed by atoms with van der Waals surface area (Å²) in [7, 11) is 1.62. The fraction of sp³-hybridized carbons (Fsp3) is 0.857. The molecule has 12 heavy (non-hydrogen) atoms. The number of rotatable bonds is 8. The lowest BCUT2D eigenvalue weighted by atomic mass is 10.3. The molecular weight excluding hydrogens is 160 g/mol. The summed E-state index contributed by atoms with van der Waals surface area (Å²) in [6.07, 6.45) is 0.582. The number of carbonyl (C=O) groups excluding carboxylic acids is 1. The van der Waals surface area contributed by atoms with Crippen molar-refractivity contribution in [2.24, 2.45) is 0 Å². The summed E-state index contributed by atoms with van der Waals surface area (Å²) < 4.78 is 4.80. The van der Waals surface area contributed by atoms with E-state index in [9.17, 15) is 4.79 Å². The third-order valence-electron chi connectivity index (χ3n) is 1.40. The number of hydrogen-bond acceptors (Lipinski definition) is 4. The molecule has 0 unspecified atom stereocenters. The number of aliphatic hydroxyl groups excluding tert-OH is 1. The van der Waals surface area contributed by atoms with E-state index < -0.39 is 0 Å². The summed E-state index contributed by atoms with van der Waals surface area (Å²) in [5.74, 6) is 0. The average Bonchev–Trinajstić information content (AvgIpc) is 2.10. The lowest BCUT2D eigenvalue weighted by Crippen LogP contribution is -2.41. The molecule has 0 fully saturated rings. The summed E-state index contributed by atoms with van der Waals surface area (Å²) in [5, 5.41) is 14.2. The third-order valence-corrected chi connectivity index (χ3v) is 1.40. The van der Waals surface area contributed by atoms with Crippen molar-refractivity contribution in [1.82, 2.24) is 10.6 Å². The molecule has 0 saturated carbocycles. The van der Waals surface area contributed by atoms with Crippen LogP contribution in [0, 0.1) is 0 Å². The summed E-state index contributed by atoms with van der Waals surface area (Å²) in [6, 6.07) is -0.209. The van der Waals surface area contributed by atoms with Gasteiger partial charge in [-0.1, -0.05) is 0 Å². The minimum atomic E-state index is -0.209. The quantitative estimate of drug-likeness (QED) is 0.305. The predicted octanol–water partition coefficient (Wildman–Crippen LogP) is -1.67. The topological polar surface area (TPSA) is 70.6 Å². The van der Waals surface area contributed by atoms with Crippen LogP contribution in [0.1, 0.15) is 0 Å². The van der Waals surface area contributed by atoms with Crippen LogP contribution in [0.3, 0.4) is 0 Å². The maximum Gasteiger partial charge on any atom is 0.207 e. The van der Waals surface area contributed by atoms with Crippen molar-refractivity contribution in [3.63, 3.8) is 0 Å². The highest BCUT2D eigenvalue weighted by Crippen LogP contribution is 1.76. The molecule has 3 N–H and O–H groups in total. The monoisotopic (exact) mass is 176 g/mol. The molecule has 72 valence electrons. The first-order chi connectivity index (χ1) is 5.85. The third kappa shape index (κ3) is 6.09. The molecule has 5 heteroatoms. The van der Waals surface area contributed by atoms with Crippen LogP contribution < -0.4 is 10.6 Å². The predicted molar refractivity (Wildman–Crippen MR) is 44.8 cm³/mol. The second-order valence-corrected chi connectivity index (χ2v) is 2.36. The van der Waals surface area contributed by atoms with E-state index in [4.69, 9.17) is 9.84 Å². The van der Waals surface area contributed by atoms with Crippen molar-refractivity contribution in [2.75, 3.05) is 33.4 Å². The van der Waals surface area contributed by atoms with Crippen LogP contribution in [0.2, 0.25) is 0 Å². The number of amides is 1. The molecule has 0 aromatic rings. The molecule has 0 aromatic carbocycles. The van der Waals surface area contributed by atoms with E-state index in [1.54, 1.807) is 7.11 Å². The number of methoxy groups -OCH3 is 1. The Morgan fingerprint density at radius 1 is 1.67 bits per heavy atom. The minimum Gasteiger partial charge on any atom is -0.394 e. The Labute approximate surface area is 72.1 Å². The number of nitrogens with one attached hydrogen (secondary N) is 2. The van der Waals surface area contributed by atoms with Gasteiger partial charge in [0.15, 0.2) is 0 Å². The molecule has 0 bridgehead atoms. The molecule has 0 rings (SSSR count). The maximum atomic E-state index is 9.99. The first kappa shape index (κ1) is 11.4. The summed E-state index contributed by atoms with van der Waals surface area (Å²) in [6.45, 7) is 1.84. The van der Waals surface area contributed by atoms with Crippen LogP contribution >= 0.6 is 0 Å². The van der Waals surface area contributed by atoms with Gasteiger partial charge in [0.05, 0.1) is 19.3 Å². The Morgan fingerprint density at radius 3 is 2.92 bits per heavy atom. The van der Waals surface area contributed by atoms with Crippen molar-refractivity contribution >= 4 is 6.41 Å². The number of aliphatic hydroxyl groups is 1. The van der Waals surface area contributed by atoms with E-state index in [-0.39, 0.29) is 12.6 Å². The Kier molecular flexibility index (Phi) is 7.99. The molecule has 0 aliphatic carbocycles. The first-order valence-corrected chi connectivity index (χ1v) is 3.85. The van der Waals surface area contributed by atoms with Crippen molar-refractivity contribution in [3.05, 3.63) is 0 Å². The highest BCUT2D eigenvalue weighted by molar-refractivity contribution is 5.46. The molecule has 0 aromatic heterocycles. The Hall–Kier alpha value is -0.650. The molecular formula is C7H16N2O3. The van der Waals surface area contributed by atoms with Crippen molar-refractivity contribution < 1.29 is 14.6 Å². The van der Waals surface area contributed by atoms with E-state index in [0.29, 0.717) is 26.1 Å². The molecule has 0 spiro atoms. The van der Waals surface area contributed by atoms with Crippen LogP contribution in [-0.2, 0) is 9.53 Å². The highest BCUT2D eigenvalue weighted by atomic mass is 16.5. The number of ether oxygens (including phenoxy) is 1. The largest absolute Gasteiger partial charge is 0.394 e. The van der Waals surface area contributed by atoms with E-state index in [2.05, 4.69) is 10.6 Å². The van der Waals surface area contributed by atoms with Gasteiger partial charge in [-0.05, 0) is 0 Å². The maximum absolute atomic E-state index is 9.99. The van der Waals surface area contributed by atoms with Gasteiger partial charge in [0, 0.05) is 20.2 Å². The minimum absolute atomic E-state index is 0.0568. The Morgan fingerprint density at radius 2 is 2.42 bits per heavy atom. The lowest BCUT2D eigenvalue weighted by molar-refractivity contribution is -0.110. The number of carbonyl (C=O) groups is 1. The van der Waals surface area contributed by atoms with Crippen LogP contribution in [0.25, 0.3) is 0 Å². The van der Waals surface area contributed by atoms with E-state index >= 15 is 0 Å². The van der Waals surface area contributed by atoms with Gasteiger partial charge in [0.1, 0.15) is 0 Å². The average molecular weight is 176 g/mol. The lowest BCUT2D eigenvalue weighted by Gasteiger charge is -2.13. The van der Waals surface area contributed by atoms with Gasteiger partial charge in [0.2, 0.25) is 6.41 Å². The second-order valence-electron chi connectivity index (χ2n) is 2.36. The van der Waals surface area contributed by atoms with E-state index in [0.717, 1.165) is 0 Å². The van der Waals surface area contributed by atoms with E-state index in [1.807, 2.05) is 0 Å². The molecule has 0 aliphatic rings. The van der Waals surface area contributed by atoms with Crippen LogP contribution in [0.15, 0.2) is 0 Å². The zero-order chi connectivity index (χ0) is 9.23. The van der Waals surface area contributed by atoms with Gasteiger partial charge in [0.25, 0.3) is 0 Å². The van der Waals surface area contributed by atoms with E-state index in [1.165, 1.54) is 0 Å². The highest BCUT2D eigenvalue weighted by Gasteiger charge is 2.03. The number of hydrogen-bond donors (Lipinski definition) is 3. The second kappa shape index (κ2) is 8.45. The smallest absolute Gasteiger partial charge is 0.207 e. The van der Waals surface area contributed by atoms with Gasteiger partial charge in [-0.2, -0.15) is 0 Å². The van der Waals surface area contributed by atoms with Gasteiger partial charge in [-0.3, -0.25) is 4.79 Å². The molecule has 5 nitrogen and oxygen atoms in total. The first-order valence-electron chi connectivity index (χ1n) is 3.85. The normalized spacial score (nSPS) is 12.5. The van der Waals surface area contributed by atoms with Crippen molar-refractivity contribution in [3.8, 4) is 0 Å². The SMILES string of the molecule is COCCNC[C@H](CO)NC=O. The zero-order valence-corrected chi connectivity index (χ0v) is 7.25. The molecule has 1 atom stereocenters. The Balaban J connectivity index is 3.25. The molecule has 0 aliphatic heterocycles. The van der Waals surface area contributed by atoms with Crippen LogP contribution in [-0.4, -0.2) is 51.0 Å². The van der Waals surface area contributed by atoms with Crippen LogP contribution in [0.5, 0.6) is 0 Å². The zero-order valence-electron chi connectivity index (χ0n) is 7.25. The van der Waals surface area contributed by atoms with Gasteiger partial charge in [-0.25, -0.2) is 0 Å². The Bertz CT molecular complexity index is 111. The summed E-state index contributed by atoms with van der Waals surface area (Å²) >= 11 is 0. The fourth-order valence-corrected chi connectivity index (χ4v) is 0.723. The molecule has 0 saturated heterocycles. The van der Waals surface area contributed by atoms with Crippen molar-refractivity contribution in [1.29, 1.82) is 0 Å². The standard InChI is InChI=1S/C7H16N2O3/c1-12-3-2-8-4-7(5-10)9-6-11/h6-8,10H,2-5H2,1H3,(H,9,11)/t7-/m1/s1. The summed E-state index contributed by atoms with van der Waals surface area (Å²) in [5.41, 5.74) is 0. The molecule has 0 heterocycles.